The molecule has 0 saturated heterocycles. The first-order valence-electron chi connectivity index (χ1n) is 8.55. The van der Waals surface area contributed by atoms with E-state index in [0.29, 0.717) is 11.2 Å². The Hall–Kier alpha value is -2.34. The average molecular weight is 417 g/mol. The summed E-state index contributed by atoms with van der Waals surface area (Å²) in [5.74, 6) is 0.709. The van der Waals surface area contributed by atoms with E-state index >= 15 is 0 Å². The molecule has 0 atom stereocenters. The van der Waals surface area contributed by atoms with Gasteiger partial charge in [0.1, 0.15) is 5.75 Å². The summed E-state index contributed by atoms with van der Waals surface area (Å²) >= 11 is 0. The lowest BCUT2D eigenvalue weighted by Crippen LogP contribution is -3.00. The highest BCUT2D eigenvalue weighted by molar-refractivity contribution is 5.96. The predicted octanol–water partition coefficient (Wildman–Crippen LogP) is 0.618. The predicted molar refractivity (Wildman–Crippen MR) is 98.0 cm³/mol. The van der Waals surface area contributed by atoms with Crippen molar-refractivity contribution in [3.05, 3.63) is 59.7 Å². The zero-order valence-corrected chi connectivity index (χ0v) is 16.6. The molecule has 0 fully saturated rings. The van der Waals surface area contributed by atoms with Crippen LogP contribution in [0.2, 0.25) is 0 Å². The maximum Gasteiger partial charge on any atom is 0.203 e. The number of halogens is 1. The maximum atomic E-state index is 12.7. The van der Waals surface area contributed by atoms with Gasteiger partial charge in [0.05, 0.1) is 24.7 Å². The quantitative estimate of drug-likeness (QED) is 0.573. The Morgan fingerprint density at radius 1 is 1.04 bits per heavy atom. The van der Waals surface area contributed by atoms with Crippen molar-refractivity contribution in [2.75, 3.05) is 7.11 Å². The third-order valence-corrected chi connectivity index (χ3v) is 4.42. The van der Waals surface area contributed by atoms with E-state index in [9.17, 15) is 4.79 Å². The van der Waals surface area contributed by atoms with Crippen LogP contribution in [0.1, 0.15) is 30.1 Å². The Kier molecular flexibility index (Phi) is 6.80. The minimum Gasteiger partial charge on any atom is -1.00 e. The van der Waals surface area contributed by atoms with Gasteiger partial charge in [0, 0.05) is 12.1 Å². The molecular formula is C20H23BrN3O2-. The highest BCUT2D eigenvalue weighted by atomic mass is 79.9. The minimum atomic E-state index is -0.0143. The van der Waals surface area contributed by atoms with Gasteiger partial charge in [-0.1, -0.05) is 25.5 Å². The first-order chi connectivity index (χ1) is 12.2. The highest BCUT2D eigenvalue weighted by Crippen LogP contribution is 2.16. The summed E-state index contributed by atoms with van der Waals surface area (Å²) < 4.78 is 8.91. The summed E-state index contributed by atoms with van der Waals surface area (Å²) in [6.45, 7) is 3.08. The third-order valence-electron chi connectivity index (χ3n) is 4.42. The lowest BCUT2D eigenvalue weighted by atomic mass is 10.1. The molecule has 0 spiro atoms. The van der Waals surface area contributed by atoms with Crippen molar-refractivity contribution in [2.24, 2.45) is 0 Å². The number of Topliss-reactive ketones (excluding diaryl/α,β-unsaturated/α-hetero) is 1. The highest BCUT2D eigenvalue weighted by Gasteiger charge is 2.14. The van der Waals surface area contributed by atoms with Crippen LogP contribution in [0.5, 0.6) is 5.75 Å². The number of hydrogen-bond acceptors (Lipinski definition) is 3. The third kappa shape index (κ3) is 3.90. The fourth-order valence-electron chi connectivity index (χ4n) is 3.01. The molecule has 1 N–H and O–H groups in total. The summed E-state index contributed by atoms with van der Waals surface area (Å²) in [4.78, 5) is 12.7. The van der Waals surface area contributed by atoms with E-state index in [1.54, 1.807) is 35.9 Å². The Labute approximate surface area is 163 Å². The largest absolute Gasteiger partial charge is 1.00 e. The molecule has 0 saturated carbocycles. The van der Waals surface area contributed by atoms with Gasteiger partial charge in [-0.2, -0.15) is 0 Å². The molecule has 5 nitrogen and oxygen atoms in total. The van der Waals surface area contributed by atoms with Crippen molar-refractivity contribution >= 4 is 16.8 Å². The summed E-state index contributed by atoms with van der Waals surface area (Å²) in [6, 6.07) is 15.0. The summed E-state index contributed by atoms with van der Waals surface area (Å²) in [5, 5.41) is 8.53. The lowest BCUT2D eigenvalue weighted by Gasteiger charge is -2.06. The van der Waals surface area contributed by atoms with Crippen LogP contribution in [0.15, 0.2) is 48.5 Å². The van der Waals surface area contributed by atoms with Gasteiger partial charge >= 0.3 is 0 Å². The number of nitrogens with one attached hydrogen (secondary N) is 1. The Morgan fingerprint density at radius 2 is 1.65 bits per heavy atom. The van der Waals surface area contributed by atoms with Gasteiger partial charge in [0.25, 0.3) is 0 Å². The fourth-order valence-corrected chi connectivity index (χ4v) is 3.01. The van der Waals surface area contributed by atoms with Crippen molar-refractivity contribution in [3.63, 3.8) is 0 Å². The lowest BCUT2D eigenvalue weighted by molar-refractivity contribution is -0.0000136. The fraction of sp³-hybridized carbons (Fsp3) is 0.300. The summed E-state index contributed by atoms with van der Waals surface area (Å²) in [6.07, 6.45) is 2.08. The van der Waals surface area contributed by atoms with Gasteiger partial charge in [0.2, 0.25) is 5.62 Å². The van der Waals surface area contributed by atoms with E-state index in [-0.39, 0.29) is 29.3 Å². The molecule has 26 heavy (non-hydrogen) atoms. The van der Waals surface area contributed by atoms with Crippen LogP contribution in [0.25, 0.3) is 11.0 Å². The van der Waals surface area contributed by atoms with Gasteiger partial charge < -0.3 is 30.9 Å². The number of benzene rings is 2. The number of ether oxygens (including phenoxy) is 1. The molecule has 138 valence electrons. The van der Waals surface area contributed by atoms with Crippen molar-refractivity contribution in [1.29, 1.82) is 5.41 Å². The Morgan fingerprint density at radius 3 is 2.23 bits per heavy atom. The summed E-state index contributed by atoms with van der Waals surface area (Å²) in [7, 11) is 1.60. The van der Waals surface area contributed by atoms with E-state index < -0.39 is 0 Å². The number of carbonyl (C=O) groups excluding carboxylic acids is 1. The van der Waals surface area contributed by atoms with Crippen LogP contribution in [-0.4, -0.2) is 22.0 Å². The van der Waals surface area contributed by atoms with Gasteiger partial charge in [0.15, 0.2) is 5.78 Å². The number of methoxy groups -OCH3 is 1. The number of nitrogens with zero attached hydrogens (tertiary/aromatic N) is 2. The second-order valence-electron chi connectivity index (χ2n) is 6.06. The van der Waals surface area contributed by atoms with Gasteiger partial charge in [-0.3, -0.25) is 10.2 Å². The molecule has 0 aliphatic carbocycles. The number of ketones is 1. The molecule has 6 heteroatoms. The van der Waals surface area contributed by atoms with E-state index in [2.05, 4.69) is 6.92 Å². The maximum absolute atomic E-state index is 12.7. The molecular weight excluding hydrogens is 394 g/mol. The number of carbonyl (C=O) groups is 1. The molecule has 1 aromatic heterocycles. The van der Waals surface area contributed by atoms with E-state index in [0.717, 1.165) is 36.2 Å². The first kappa shape index (κ1) is 20.0. The molecule has 1 heterocycles. The van der Waals surface area contributed by atoms with E-state index in [1.807, 2.05) is 28.8 Å². The van der Waals surface area contributed by atoms with Gasteiger partial charge in [-0.05, 0) is 42.8 Å². The number of para-hydroxylation sites is 2. The standard InChI is InChI=1S/C20H23N3O2.BrH/c1-3-4-13-22-17-7-5-6-8-18(17)23(20(22)21)14-19(24)15-9-11-16(25-2)12-10-15;/h5-12,21H,3-4,13-14H2,1-2H3;1H/p-1. The van der Waals surface area contributed by atoms with Crippen molar-refractivity contribution in [2.45, 2.75) is 32.9 Å². The van der Waals surface area contributed by atoms with Crippen LogP contribution >= 0.6 is 0 Å². The van der Waals surface area contributed by atoms with Crippen molar-refractivity contribution in [1.82, 2.24) is 9.13 Å². The zero-order chi connectivity index (χ0) is 17.8. The number of unbranched alkanes of at least 4 members (excludes halogenated alkanes) is 1. The first-order valence-corrected chi connectivity index (χ1v) is 8.55. The number of imidazole rings is 1. The second-order valence-corrected chi connectivity index (χ2v) is 6.06. The molecule has 0 aliphatic heterocycles. The topological polar surface area (TPSA) is 60.0 Å². The van der Waals surface area contributed by atoms with Crippen molar-refractivity contribution in [3.8, 4) is 5.75 Å². The van der Waals surface area contributed by atoms with Crippen LogP contribution in [0.4, 0.5) is 0 Å². The molecule has 0 amide bonds. The number of rotatable bonds is 7. The second kappa shape index (κ2) is 8.85. The normalized spacial score (nSPS) is 10.5. The van der Waals surface area contributed by atoms with Gasteiger partial charge in [-0.15, -0.1) is 0 Å². The molecule has 0 aliphatic rings. The zero-order valence-electron chi connectivity index (χ0n) is 15.0. The molecule has 0 unspecified atom stereocenters. The van der Waals surface area contributed by atoms with Crippen LogP contribution in [-0.2, 0) is 13.1 Å². The molecule has 2 aromatic carbocycles. The molecule has 3 rings (SSSR count). The molecule has 0 bridgehead atoms. The summed E-state index contributed by atoms with van der Waals surface area (Å²) in [5.41, 5.74) is 2.92. The smallest absolute Gasteiger partial charge is 0.203 e. The van der Waals surface area contributed by atoms with Crippen LogP contribution in [0.3, 0.4) is 0 Å². The SMILES string of the molecule is CCCCn1c(=N)n(CC(=O)c2ccc(OC)cc2)c2ccccc21.[Br-]. The average Bonchev–Trinajstić information content (AvgIpc) is 2.91. The van der Waals surface area contributed by atoms with Gasteiger partial charge in [-0.25, -0.2) is 0 Å². The van der Waals surface area contributed by atoms with Crippen LogP contribution < -0.4 is 27.3 Å². The molecule has 3 aromatic rings. The number of aryl methyl sites for hydroxylation is 1. The van der Waals surface area contributed by atoms with Crippen molar-refractivity contribution < 1.29 is 26.5 Å². The monoisotopic (exact) mass is 416 g/mol. The van der Waals surface area contributed by atoms with Crippen LogP contribution in [0, 0.1) is 5.41 Å². The number of aromatic nitrogens is 2. The van der Waals surface area contributed by atoms with E-state index in [1.165, 1.54) is 0 Å². The number of hydrogen-bond donors (Lipinski definition) is 1. The Bertz CT molecular complexity index is 942. The Balaban J connectivity index is 0.00000243. The molecule has 0 radical (unpaired) electrons. The van der Waals surface area contributed by atoms with E-state index in [4.69, 9.17) is 10.1 Å². The minimum absolute atomic E-state index is 0. The number of fused-ring (bicyclic) bond motifs is 1.